The second-order valence-electron chi connectivity index (χ2n) is 4.61. The molecule has 0 saturated heterocycles. The molecule has 1 atom stereocenters. The molecular formula is C15H17BrClNOS. The van der Waals surface area contributed by atoms with Crippen LogP contribution in [0.2, 0.25) is 5.02 Å². The second-order valence-corrected chi connectivity index (χ2v) is 6.75. The number of aryl methyl sites for hydroxylation is 1. The normalized spacial score (nSPS) is 12.4. The minimum atomic E-state index is 0.224. The third-order valence-electron chi connectivity index (χ3n) is 3.25. The lowest BCUT2D eigenvalue weighted by Gasteiger charge is -2.16. The number of rotatable bonds is 5. The molecule has 2 rings (SSSR count). The van der Waals surface area contributed by atoms with E-state index in [1.54, 1.807) is 18.4 Å². The first kappa shape index (κ1) is 15.8. The van der Waals surface area contributed by atoms with E-state index >= 15 is 0 Å². The molecule has 0 aliphatic heterocycles. The lowest BCUT2D eigenvalue weighted by Crippen LogP contribution is -2.18. The smallest absolute Gasteiger partial charge is 0.133 e. The van der Waals surface area contributed by atoms with Crippen molar-refractivity contribution in [2.24, 2.45) is 0 Å². The number of halogens is 2. The summed E-state index contributed by atoms with van der Waals surface area (Å²) in [5.41, 5.74) is 2.38. The van der Waals surface area contributed by atoms with Gasteiger partial charge in [0.2, 0.25) is 0 Å². The summed E-state index contributed by atoms with van der Waals surface area (Å²) in [6.45, 7) is 2.04. The summed E-state index contributed by atoms with van der Waals surface area (Å²) < 4.78 is 6.23. The highest BCUT2D eigenvalue weighted by Crippen LogP contribution is 2.35. The van der Waals surface area contributed by atoms with E-state index in [0.29, 0.717) is 0 Å². The van der Waals surface area contributed by atoms with Crippen molar-refractivity contribution in [3.8, 4) is 5.75 Å². The van der Waals surface area contributed by atoms with E-state index in [1.807, 2.05) is 20.0 Å². The molecule has 2 nitrogen and oxygen atoms in total. The first-order valence-electron chi connectivity index (χ1n) is 6.30. The van der Waals surface area contributed by atoms with Crippen molar-refractivity contribution < 1.29 is 4.74 Å². The molecule has 5 heteroatoms. The molecule has 1 unspecified atom stereocenters. The number of methoxy groups -OCH3 is 1. The monoisotopic (exact) mass is 373 g/mol. The third-order valence-corrected chi connectivity index (χ3v) is 5.69. The van der Waals surface area contributed by atoms with Gasteiger partial charge in [-0.05, 0) is 65.0 Å². The zero-order valence-electron chi connectivity index (χ0n) is 11.7. The maximum Gasteiger partial charge on any atom is 0.133 e. The molecule has 0 spiro atoms. The fourth-order valence-electron chi connectivity index (χ4n) is 2.08. The Morgan fingerprint density at radius 3 is 2.70 bits per heavy atom. The van der Waals surface area contributed by atoms with E-state index in [4.69, 9.17) is 16.3 Å². The molecule has 20 heavy (non-hydrogen) atoms. The zero-order chi connectivity index (χ0) is 14.7. The van der Waals surface area contributed by atoms with Crippen LogP contribution in [0.4, 0.5) is 0 Å². The van der Waals surface area contributed by atoms with Crippen LogP contribution < -0.4 is 10.1 Å². The fourth-order valence-corrected chi connectivity index (χ4v) is 4.11. The van der Waals surface area contributed by atoms with Gasteiger partial charge in [-0.3, -0.25) is 0 Å². The third kappa shape index (κ3) is 3.37. The molecule has 0 amide bonds. The van der Waals surface area contributed by atoms with E-state index in [9.17, 15) is 0 Å². The fraction of sp³-hybridized carbons (Fsp3) is 0.333. The van der Waals surface area contributed by atoms with Crippen molar-refractivity contribution in [2.45, 2.75) is 19.4 Å². The number of hydrogen-bond acceptors (Lipinski definition) is 3. The maximum absolute atomic E-state index is 6.37. The molecule has 1 aromatic heterocycles. The Balaban J connectivity index is 2.22. The van der Waals surface area contributed by atoms with E-state index in [0.717, 1.165) is 27.2 Å². The van der Waals surface area contributed by atoms with Gasteiger partial charge in [0, 0.05) is 10.9 Å². The highest BCUT2D eigenvalue weighted by atomic mass is 79.9. The Morgan fingerprint density at radius 2 is 2.20 bits per heavy atom. The van der Waals surface area contributed by atoms with Crippen molar-refractivity contribution in [1.29, 1.82) is 0 Å². The number of hydrogen-bond donors (Lipinski definition) is 1. The van der Waals surface area contributed by atoms with E-state index in [-0.39, 0.29) is 6.04 Å². The van der Waals surface area contributed by atoms with Crippen LogP contribution in [0.15, 0.2) is 28.1 Å². The Kier molecular flexibility index (Phi) is 5.49. The van der Waals surface area contributed by atoms with Gasteiger partial charge in [0.25, 0.3) is 0 Å². The summed E-state index contributed by atoms with van der Waals surface area (Å²) >= 11 is 11.6. The topological polar surface area (TPSA) is 21.3 Å². The van der Waals surface area contributed by atoms with Crippen LogP contribution in [0, 0.1) is 6.92 Å². The summed E-state index contributed by atoms with van der Waals surface area (Å²) in [7, 11) is 3.64. The van der Waals surface area contributed by atoms with Crippen molar-refractivity contribution in [3.63, 3.8) is 0 Å². The standard InChI is InChI=1S/C15H17BrClNOS/c1-9-8-20-15(14(9)17)12(18-2)7-10-4-5-13(19-3)11(16)6-10/h4-6,8,12,18H,7H2,1-3H3. The predicted octanol–water partition coefficient (Wildman–Crippen LogP) is 4.98. The number of nitrogens with one attached hydrogen (secondary N) is 1. The Morgan fingerprint density at radius 1 is 1.45 bits per heavy atom. The van der Waals surface area contributed by atoms with E-state index < -0.39 is 0 Å². The molecule has 2 aromatic rings. The summed E-state index contributed by atoms with van der Waals surface area (Å²) in [4.78, 5) is 1.19. The Labute approximate surface area is 137 Å². The minimum absolute atomic E-state index is 0.224. The average molecular weight is 375 g/mol. The van der Waals surface area contributed by atoms with Gasteiger partial charge in [0.05, 0.1) is 16.6 Å². The van der Waals surface area contributed by atoms with Crippen LogP contribution in [-0.4, -0.2) is 14.2 Å². The molecule has 108 valence electrons. The van der Waals surface area contributed by atoms with E-state index in [1.165, 1.54) is 10.4 Å². The molecule has 1 heterocycles. The van der Waals surface area contributed by atoms with Gasteiger partial charge in [-0.1, -0.05) is 17.7 Å². The Bertz CT molecular complexity index is 600. The van der Waals surface area contributed by atoms with Gasteiger partial charge in [-0.15, -0.1) is 11.3 Å². The van der Waals surface area contributed by atoms with Crippen LogP contribution in [0.3, 0.4) is 0 Å². The van der Waals surface area contributed by atoms with Crippen LogP contribution in [0.5, 0.6) is 5.75 Å². The van der Waals surface area contributed by atoms with Crippen LogP contribution >= 0.6 is 38.9 Å². The van der Waals surface area contributed by atoms with Crippen molar-refractivity contribution >= 4 is 38.9 Å². The average Bonchev–Trinajstić information content (AvgIpc) is 2.77. The first-order chi connectivity index (χ1) is 9.56. The van der Waals surface area contributed by atoms with Gasteiger partial charge in [0.15, 0.2) is 0 Å². The first-order valence-corrected chi connectivity index (χ1v) is 8.35. The molecule has 0 aliphatic carbocycles. The zero-order valence-corrected chi connectivity index (χ0v) is 14.8. The molecule has 0 radical (unpaired) electrons. The number of likely N-dealkylation sites (N-methyl/N-ethyl adjacent to an activating group) is 1. The summed E-state index contributed by atoms with van der Waals surface area (Å²) in [5.74, 6) is 0.847. The molecule has 0 fully saturated rings. The predicted molar refractivity (Wildman–Crippen MR) is 90.3 cm³/mol. The molecule has 1 aromatic carbocycles. The van der Waals surface area contributed by atoms with Gasteiger partial charge in [-0.2, -0.15) is 0 Å². The quantitative estimate of drug-likeness (QED) is 0.796. The van der Waals surface area contributed by atoms with Crippen LogP contribution in [0.25, 0.3) is 0 Å². The van der Waals surface area contributed by atoms with E-state index in [2.05, 4.69) is 38.8 Å². The minimum Gasteiger partial charge on any atom is -0.496 e. The van der Waals surface area contributed by atoms with Crippen LogP contribution in [0.1, 0.15) is 22.0 Å². The number of benzene rings is 1. The Hall–Kier alpha value is -0.550. The van der Waals surface area contributed by atoms with Crippen molar-refractivity contribution in [1.82, 2.24) is 5.32 Å². The number of thiophene rings is 1. The molecule has 0 saturated carbocycles. The molecular weight excluding hydrogens is 358 g/mol. The van der Waals surface area contributed by atoms with Crippen molar-refractivity contribution in [3.05, 3.63) is 49.1 Å². The lowest BCUT2D eigenvalue weighted by molar-refractivity contribution is 0.412. The van der Waals surface area contributed by atoms with Gasteiger partial charge >= 0.3 is 0 Å². The molecule has 0 aliphatic rings. The summed E-state index contributed by atoms with van der Waals surface area (Å²) in [6, 6.07) is 6.38. The largest absolute Gasteiger partial charge is 0.496 e. The van der Waals surface area contributed by atoms with Crippen molar-refractivity contribution in [2.75, 3.05) is 14.2 Å². The highest BCUT2D eigenvalue weighted by Gasteiger charge is 2.17. The summed E-state index contributed by atoms with van der Waals surface area (Å²) in [6.07, 6.45) is 0.888. The summed E-state index contributed by atoms with van der Waals surface area (Å²) in [5, 5.41) is 6.33. The van der Waals surface area contributed by atoms with Gasteiger partial charge in [-0.25, -0.2) is 0 Å². The molecule has 1 N–H and O–H groups in total. The highest BCUT2D eigenvalue weighted by molar-refractivity contribution is 9.10. The maximum atomic E-state index is 6.37. The SMILES string of the molecule is CNC(Cc1ccc(OC)c(Br)c1)c1scc(C)c1Cl. The lowest BCUT2D eigenvalue weighted by atomic mass is 10.0. The second kappa shape index (κ2) is 6.94. The van der Waals surface area contributed by atoms with Crippen LogP contribution in [-0.2, 0) is 6.42 Å². The molecule has 0 bridgehead atoms. The number of ether oxygens (including phenoxy) is 1. The van der Waals surface area contributed by atoms with Gasteiger partial charge < -0.3 is 10.1 Å². The van der Waals surface area contributed by atoms with Gasteiger partial charge in [0.1, 0.15) is 5.75 Å².